The molecule has 0 aromatic heterocycles. The minimum atomic E-state index is -1.17. The number of aliphatic carboxylic acids is 1. The maximum absolute atomic E-state index is 12.0. The van der Waals surface area contributed by atoms with Gasteiger partial charge in [0.25, 0.3) is 5.91 Å². The predicted molar refractivity (Wildman–Crippen MR) is 72.5 cm³/mol. The first-order chi connectivity index (χ1) is 10.1. The smallest absolute Gasteiger partial charge is 0.328 e. The molecule has 0 saturated heterocycles. The molecule has 1 atom stereocenters. The summed E-state index contributed by atoms with van der Waals surface area (Å²) in [5.41, 5.74) is 0.286. The van der Waals surface area contributed by atoms with Gasteiger partial charge in [-0.25, -0.2) is 4.79 Å². The van der Waals surface area contributed by atoms with Crippen molar-refractivity contribution in [3.05, 3.63) is 36.4 Å². The van der Waals surface area contributed by atoms with Gasteiger partial charge in [-0.2, -0.15) is 0 Å². The number of hydrogen-bond donors (Lipinski definition) is 2. The predicted octanol–water partition coefficient (Wildman–Crippen LogP) is 0.801. The fourth-order valence-electron chi connectivity index (χ4n) is 1.72. The lowest BCUT2D eigenvalue weighted by Gasteiger charge is -2.14. The van der Waals surface area contributed by atoms with Gasteiger partial charge in [0.05, 0.1) is 13.2 Å². The summed E-state index contributed by atoms with van der Waals surface area (Å²) in [6, 6.07) is 3.50. The molecule has 1 aliphatic heterocycles. The van der Waals surface area contributed by atoms with Gasteiger partial charge in [-0.15, -0.1) is 6.58 Å². The van der Waals surface area contributed by atoms with E-state index in [-0.39, 0.29) is 25.6 Å². The molecule has 21 heavy (non-hydrogen) atoms. The molecule has 112 valence electrons. The number of hydrogen-bond acceptors (Lipinski definition) is 5. The van der Waals surface area contributed by atoms with E-state index in [1.807, 2.05) is 0 Å². The highest BCUT2D eigenvalue weighted by Crippen LogP contribution is 2.32. The largest absolute Gasteiger partial charge is 0.480 e. The monoisotopic (exact) mass is 293 g/mol. The number of carboxylic acids is 1. The molecule has 7 nitrogen and oxygen atoms in total. The van der Waals surface area contributed by atoms with Gasteiger partial charge in [-0.3, -0.25) is 4.79 Å². The fraction of sp³-hybridized carbons (Fsp3) is 0.286. The molecular weight excluding hydrogens is 278 g/mol. The average Bonchev–Trinajstić information content (AvgIpc) is 2.93. The van der Waals surface area contributed by atoms with Crippen LogP contribution in [0.4, 0.5) is 0 Å². The molecule has 1 aromatic rings. The lowest BCUT2D eigenvalue weighted by molar-refractivity contribution is -0.140. The van der Waals surface area contributed by atoms with E-state index in [0.717, 1.165) is 0 Å². The number of nitrogens with one attached hydrogen (secondary N) is 1. The molecule has 1 amide bonds. The summed E-state index contributed by atoms with van der Waals surface area (Å²) in [6.07, 6.45) is 1.50. The summed E-state index contributed by atoms with van der Waals surface area (Å²) in [4.78, 5) is 23.1. The number of ether oxygens (including phenoxy) is 3. The van der Waals surface area contributed by atoms with Crippen LogP contribution in [0.2, 0.25) is 0 Å². The van der Waals surface area contributed by atoms with Crippen molar-refractivity contribution in [1.82, 2.24) is 5.32 Å². The SMILES string of the molecule is C=CCOCC(NC(=O)c1ccc2c(c1)OCO2)C(=O)O. The Morgan fingerprint density at radius 3 is 2.90 bits per heavy atom. The van der Waals surface area contributed by atoms with Crippen LogP contribution in [0.3, 0.4) is 0 Å². The minimum Gasteiger partial charge on any atom is -0.480 e. The number of carboxylic acid groups (broad SMARTS) is 1. The maximum Gasteiger partial charge on any atom is 0.328 e. The minimum absolute atomic E-state index is 0.105. The second kappa shape index (κ2) is 6.76. The molecule has 0 bridgehead atoms. The Hall–Kier alpha value is -2.54. The van der Waals surface area contributed by atoms with Gasteiger partial charge in [0, 0.05) is 5.56 Å². The normalized spacial score (nSPS) is 13.5. The molecule has 2 rings (SSSR count). The molecule has 2 N–H and O–H groups in total. The number of rotatable bonds is 7. The van der Waals surface area contributed by atoms with Crippen molar-refractivity contribution < 1.29 is 28.9 Å². The van der Waals surface area contributed by atoms with Crippen molar-refractivity contribution in [3.8, 4) is 11.5 Å². The zero-order chi connectivity index (χ0) is 15.2. The molecule has 1 aromatic carbocycles. The molecular formula is C14H15NO6. The summed E-state index contributed by atoms with van der Waals surface area (Å²) in [7, 11) is 0. The van der Waals surface area contributed by atoms with E-state index in [2.05, 4.69) is 11.9 Å². The van der Waals surface area contributed by atoms with Crippen LogP contribution in [-0.2, 0) is 9.53 Å². The molecule has 1 unspecified atom stereocenters. The Balaban J connectivity index is 2.01. The van der Waals surface area contributed by atoms with Crippen LogP contribution in [0.1, 0.15) is 10.4 Å². The highest BCUT2D eigenvalue weighted by Gasteiger charge is 2.22. The number of amides is 1. The van der Waals surface area contributed by atoms with Crippen LogP contribution >= 0.6 is 0 Å². The molecule has 7 heteroatoms. The highest BCUT2D eigenvalue weighted by atomic mass is 16.7. The zero-order valence-corrected chi connectivity index (χ0v) is 11.2. The molecule has 0 radical (unpaired) electrons. The van der Waals surface area contributed by atoms with Gasteiger partial charge >= 0.3 is 5.97 Å². The van der Waals surface area contributed by atoms with Crippen LogP contribution in [0.15, 0.2) is 30.9 Å². The van der Waals surface area contributed by atoms with E-state index in [0.29, 0.717) is 11.5 Å². The summed E-state index contributed by atoms with van der Waals surface area (Å²) in [6.45, 7) is 3.63. The summed E-state index contributed by atoms with van der Waals surface area (Å²) >= 11 is 0. The Kier molecular flexibility index (Phi) is 4.78. The van der Waals surface area contributed by atoms with E-state index in [4.69, 9.17) is 19.3 Å². The van der Waals surface area contributed by atoms with E-state index >= 15 is 0 Å². The van der Waals surface area contributed by atoms with Gasteiger partial charge in [-0.1, -0.05) is 6.08 Å². The van der Waals surface area contributed by atoms with Gasteiger partial charge in [0.1, 0.15) is 0 Å². The average molecular weight is 293 g/mol. The maximum atomic E-state index is 12.0. The van der Waals surface area contributed by atoms with E-state index < -0.39 is 17.9 Å². The van der Waals surface area contributed by atoms with Crippen LogP contribution in [0.25, 0.3) is 0 Å². The van der Waals surface area contributed by atoms with E-state index in [1.165, 1.54) is 18.2 Å². The summed E-state index contributed by atoms with van der Waals surface area (Å²) in [5, 5.41) is 11.4. The quantitative estimate of drug-likeness (QED) is 0.570. The van der Waals surface area contributed by atoms with Crippen molar-refractivity contribution in [1.29, 1.82) is 0 Å². The topological polar surface area (TPSA) is 94.1 Å². The van der Waals surface area contributed by atoms with E-state index in [1.54, 1.807) is 6.07 Å². The van der Waals surface area contributed by atoms with Gasteiger partial charge in [0.2, 0.25) is 6.79 Å². The molecule has 0 saturated carbocycles. The Labute approximate surface area is 121 Å². The first kappa shape index (κ1) is 14.9. The number of fused-ring (bicyclic) bond motifs is 1. The van der Waals surface area contributed by atoms with Crippen LogP contribution in [0, 0.1) is 0 Å². The Morgan fingerprint density at radius 2 is 2.19 bits per heavy atom. The highest BCUT2D eigenvalue weighted by molar-refractivity contribution is 5.97. The standard InChI is InChI=1S/C14H15NO6/c1-2-5-19-7-10(14(17)18)15-13(16)9-3-4-11-12(6-9)21-8-20-11/h2-4,6,10H,1,5,7-8H2,(H,15,16)(H,17,18). The van der Waals surface area contributed by atoms with Crippen molar-refractivity contribution >= 4 is 11.9 Å². The number of benzene rings is 1. The third kappa shape index (κ3) is 3.73. The summed E-state index contributed by atoms with van der Waals surface area (Å²) < 4.78 is 15.4. The van der Waals surface area contributed by atoms with Crippen LogP contribution < -0.4 is 14.8 Å². The first-order valence-electron chi connectivity index (χ1n) is 6.23. The second-order valence-corrected chi connectivity index (χ2v) is 4.26. The molecule has 0 aliphatic carbocycles. The Bertz CT molecular complexity index is 556. The third-order valence-electron chi connectivity index (χ3n) is 2.76. The number of carbonyl (C=O) groups is 2. The van der Waals surface area contributed by atoms with Crippen LogP contribution in [0.5, 0.6) is 11.5 Å². The number of carbonyl (C=O) groups excluding carboxylic acids is 1. The van der Waals surface area contributed by atoms with E-state index in [9.17, 15) is 9.59 Å². The van der Waals surface area contributed by atoms with Crippen molar-refractivity contribution in [3.63, 3.8) is 0 Å². The van der Waals surface area contributed by atoms with Gasteiger partial charge in [0.15, 0.2) is 17.5 Å². The van der Waals surface area contributed by atoms with Gasteiger partial charge in [-0.05, 0) is 18.2 Å². The Morgan fingerprint density at radius 1 is 1.43 bits per heavy atom. The van der Waals surface area contributed by atoms with Crippen molar-refractivity contribution in [2.24, 2.45) is 0 Å². The zero-order valence-electron chi connectivity index (χ0n) is 11.2. The lowest BCUT2D eigenvalue weighted by atomic mass is 10.1. The summed E-state index contributed by atoms with van der Waals surface area (Å²) in [5.74, 6) is -0.691. The fourth-order valence-corrected chi connectivity index (χ4v) is 1.72. The second-order valence-electron chi connectivity index (χ2n) is 4.26. The molecule has 0 spiro atoms. The van der Waals surface area contributed by atoms with Gasteiger partial charge < -0.3 is 24.6 Å². The van der Waals surface area contributed by atoms with Crippen molar-refractivity contribution in [2.45, 2.75) is 6.04 Å². The van der Waals surface area contributed by atoms with Crippen LogP contribution in [-0.4, -0.2) is 43.0 Å². The molecule has 1 heterocycles. The lowest BCUT2D eigenvalue weighted by Crippen LogP contribution is -2.44. The third-order valence-corrected chi connectivity index (χ3v) is 2.76. The molecule has 1 aliphatic rings. The van der Waals surface area contributed by atoms with Crippen molar-refractivity contribution in [2.75, 3.05) is 20.0 Å². The first-order valence-corrected chi connectivity index (χ1v) is 6.23. The molecule has 0 fully saturated rings.